The molecule has 7 nitrogen and oxygen atoms in total. The Labute approximate surface area is 100.0 Å². The van der Waals surface area contributed by atoms with Crippen molar-refractivity contribution >= 4 is 6.09 Å². The Hall–Kier alpha value is -1.46. The smallest absolute Gasteiger partial charge is 0.410 e. The zero-order valence-electron chi connectivity index (χ0n) is 10.3. The van der Waals surface area contributed by atoms with Crippen molar-refractivity contribution in [1.82, 2.24) is 4.90 Å². The van der Waals surface area contributed by atoms with Gasteiger partial charge in [-0.2, -0.15) is 0 Å². The Kier molecular flexibility index (Phi) is 4.20. The zero-order chi connectivity index (χ0) is 13.1. The predicted molar refractivity (Wildman–Crippen MR) is 61.4 cm³/mol. The third-order valence-corrected chi connectivity index (χ3v) is 2.40. The van der Waals surface area contributed by atoms with E-state index in [0.717, 1.165) is 0 Å². The molecule has 0 spiro atoms. The molecule has 1 saturated heterocycles. The summed E-state index contributed by atoms with van der Waals surface area (Å²) in [6.45, 7) is 5.92. The summed E-state index contributed by atoms with van der Waals surface area (Å²) in [5, 5.41) is 13.2. The van der Waals surface area contributed by atoms with Crippen LogP contribution in [-0.4, -0.2) is 46.9 Å². The highest BCUT2D eigenvalue weighted by molar-refractivity contribution is 5.68. The van der Waals surface area contributed by atoms with E-state index in [4.69, 9.17) is 10.3 Å². The maximum absolute atomic E-state index is 11.7. The molecule has 1 amide bonds. The predicted octanol–water partition coefficient (Wildman–Crippen LogP) is 1.67. The van der Waals surface area contributed by atoms with Gasteiger partial charge < -0.3 is 14.7 Å². The number of piperidine rings is 1. The molecule has 1 N–H and O–H groups in total. The monoisotopic (exact) mass is 242 g/mol. The van der Waals surface area contributed by atoms with Crippen LogP contribution in [0.3, 0.4) is 0 Å². The van der Waals surface area contributed by atoms with Gasteiger partial charge in [0.05, 0.1) is 18.7 Å². The van der Waals surface area contributed by atoms with Gasteiger partial charge in [0.2, 0.25) is 0 Å². The molecular weight excluding hydrogens is 224 g/mol. The first-order valence-corrected chi connectivity index (χ1v) is 5.53. The number of aliphatic hydroxyl groups excluding tert-OH is 1. The van der Waals surface area contributed by atoms with Gasteiger partial charge in [0.15, 0.2) is 0 Å². The lowest BCUT2D eigenvalue weighted by molar-refractivity contribution is -0.000571. The third-order valence-electron chi connectivity index (χ3n) is 2.40. The highest BCUT2D eigenvalue weighted by atomic mass is 16.6. The van der Waals surface area contributed by atoms with Gasteiger partial charge in [0.25, 0.3) is 0 Å². The SMILES string of the molecule is CC(C)(C)OC(=O)N1CC[C@H](N=[N+]=[N-])[C@@H](O)C1. The first-order valence-electron chi connectivity index (χ1n) is 5.53. The van der Waals surface area contributed by atoms with Crippen molar-refractivity contribution in [2.75, 3.05) is 13.1 Å². The van der Waals surface area contributed by atoms with Gasteiger partial charge in [-0.05, 0) is 32.7 Å². The third kappa shape index (κ3) is 4.13. The van der Waals surface area contributed by atoms with Crippen molar-refractivity contribution < 1.29 is 14.6 Å². The van der Waals surface area contributed by atoms with E-state index < -0.39 is 23.8 Å². The number of β-amino-alcohol motifs (C(OH)–C–C–N with tert-alkyl or cyclic N) is 1. The molecule has 1 heterocycles. The Morgan fingerprint density at radius 3 is 2.71 bits per heavy atom. The number of hydrogen-bond acceptors (Lipinski definition) is 4. The lowest BCUT2D eigenvalue weighted by Gasteiger charge is -2.34. The molecule has 1 rings (SSSR count). The molecule has 0 aromatic rings. The molecule has 0 aromatic carbocycles. The minimum atomic E-state index is -0.827. The van der Waals surface area contributed by atoms with E-state index in [9.17, 15) is 9.90 Å². The number of ether oxygens (including phenoxy) is 1. The van der Waals surface area contributed by atoms with Crippen LogP contribution in [0.4, 0.5) is 4.79 Å². The van der Waals surface area contributed by atoms with Crippen molar-refractivity contribution in [3.63, 3.8) is 0 Å². The number of carbonyl (C=O) groups is 1. The molecule has 0 radical (unpaired) electrons. The largest absolute Gasteiger partial charge is 0.444 e. The maximum atomic E-state index is 11.7. The molecule has 0 saturated carbocycles. The molecule has 2 atom stereocenters. The minimum Gasteiger partial charge on any atom is -0.444 e. The molecule has 17 heavy (non-hydrogen) atoms. The van der Waals surface area contributed by atoms with Crippen LogP contribution in [-0.2, 0) is 4.74 Å². The van der Waals surface area contributed by atoms with E-state index >= 15 is 0 Å². The van der Waals surface area contributed by atoms with Crippen LogP contribution in [0.2, 0.25) is 0 Å². The standard InChI is InChI=1S/C10H18N4O3/c1-10(2,3)17-9(16)14-5-4-7(12-13-11)8(15)6-14/h7-8,15H,4-6H2,1-3H3/t7-,8-/m0/s1. The van der Waals surface area contributed by atoms with Gasteiger partial charge in [0.1, 0.15) is 5.60 Å². The van der Waals surface area contributed by atoms with Crippen LogP contribution < -0.4 is 0 Å². The number of amides is 1. The van der Waals surface area contributed by atoms with Crippen LogP contribution in [0.15, 0.2) is 5.11 Å². The fourth-order valence-electron chi connectivity index (χ4n) is 1.61. The number of likely N-dealkylation sites (tertiary alicyclic amines) is 1. The van der Waals surface area contributed by atoms with Gasteiger partial charge in [-0.1, -0.05) is 5.11 Å². The van der Waals surface area contributed by atoms with Gasteiger partial charge >= 0.3 is 6.09 Å². The molecule has 96 valence electrons. The van der Waals surface area contributed by atoms with E-state index in [0.29, 0.717) is 13.0 Å². The summed E-state index contributed by atoms with van der Waals surface area (Å²) in [6, 6.07) is -0.460. The average Bonchev–Trinajstić information content (AvgIpc) is 2.18. The van der Waals surface area contributed by atoms with Crippen LogP contribution in [0.5, 0.6) is 0 Å². The van der Waals surface area contributed by atoms with Gasteiger partial charge in [0, 0.05) is 11.5 Å². The number of nitrogens with zero attached hydrogens (tertiary/aromatic N) is 4. The molecule has 1 aliphatic heterocycles. The van der Waals surface area contributed by atoms with Gasteiger partial charge in [-0.15, -0.1) is 0 Å². The van der Waals surface area contributed by atoms with Gasteiger partial charge in [-0.3, -0.25) is 0 Å². The van der Waals surface area contributed by atoms with Crippen molar-refractivity contribution in [1.29, 1.82) is 0 Å². The lowest BCUT2D eigenvalue weighted by Crippen LogP contribution is -2.49. The van der Waals surface area contributed by atoms with E-state index in [1.54, 1.807) is 20.8 Å². The molecule has 0 bridgehead atoms. The van der Waals surface area contributed by atoms with Crippen molar-refractivity contribution in [3.8, 4) is 0 Å². The van der Waals surface area contributed by atoms with Crippen molar-refractivity contribution in [2.24, 2.45) is 5.11 Å². The van der Waals surface area contributed by atoms with Crippen LogP contribution in [0.1, 0.15) is 27.2 Å². The van der Waals surface area contributed by atoms with Crippen LogP contribution in [0, 0.1) is 0 Å². The highest BCUT2D eigenvalue weighted by Gasteiger charge is 2.31. The van der Waals surface area contributed by atoms with Crippen molar-refractivity contribution in [2.45, 2.75) is 44.9 Å². The van der Waals surface area contributed by atoms with Crippen LogP contribution >= 0.6 is 0 Å². The zero-order valence-corrected chi connectivity index (χ0v) is 10.3. The topological polar surface area (TPSA) is 98.5 Å². The molecule has 0 aliphatic carbocycles. The molecule has 0 unspecified atom stereocenters. The van der Waals surface area contributed by atoms with E-state index in [1.165, 1.54) is 4.90 Å². The molecule has 0 aromatic heterocycles. The number of carbonyl (C=O) groups excluding carboxylic acids is 1. The normalized spacial score (nSPS) is 25.1. The molecule has 1 aliphatic rings. The maximum Gasteiger partial charge on any atom is 0.410 e. The first-order chi connectivity index (χ1) is 7.83. The van der Waals surface area contributed by atoms with E-state index in [-0.39, 0.29) is 6.54 Å². The highest BCUT2D eigenvalue weighted by Crippen LogP contribution is 2.17. The van der Waals surface area contributed by atoms with Gasteiger partial charge in [-0.25, -0.2) is 4.79 Å². The van der Waals surface area contributed by atoms with Crippen molar-refractivity contribution in [3.05, 3.63) is 10.4 Å². The second kappa shape index (κ2) is 5.25. The Balaban J connectivity index is 2.55. The number of hydrogen-bond donors (Lipinski definition) is 1. The summed E-state index contributed by atoms with van der Waals surface area (Å²) < 4.78 is 5.19. The number of azide groups is 1. The average molecular weight is 242 g/mol. The van der Waals surface area contributed by atoms with E-state index in [2.05, 4.69) is 10.0 Å². The molecule has 1 fully saturated rings. The summed E-state index contributed by atoms with van der Waals surface area (Å²) in [4.78, 5) is 15.8. The number of rotatable bonds is 1. The quantitative estimate of drug-likeness (QED) is 0.430. The summed E-state index contributed by atoms with van der Waals surface area (Å²) >= 11 is 0. The molecular formula is C10H18N4O3. The fraction of sp³-hybridized carbons (Fsp3) is 0.900. The molecule has 7 heteroatoms. The number of aliphatic hydroxyl groups is 1. The lowest BCUT2D eigenvalue weighted by atomic mass is 10.0. The van der Waals surface area contributed by atoms with E-state index in [1.807, 2.05) is 0 Å². The Bertz CT molecular complexity index is 333. The fourth-order valence-corrected chi connectivity index (χ4v) is 1.61. The second-order valence-electron chi connectivity index (χ2n) is 5.05. The second-order valence-corrected chi connectivity index (χ2v) is 5.05. The Morgan fingerprint density at radius 1 is 1.59 bits per heavy atom. The minimum absolute atomic E-state index is 0.137. The summed E-state index contributed by atoms with van der Waals surface area (Å²) in [6.07, 6.45) is -0.826. The Morgan fingerprint density at radius 2 is 2.24 bits per heavy atom. The summed E-state index contributed by atoms with van der Waals surface area (Å²) in [5.41, 5.74) is 7.75. The first kappa shape index (κ1) is 13.6. The summed E-state index contributed by atoms with van der Waals surface area (Å²) in [5.74, 6) is 0. The summed E-state index contributed by atoms with van der Waals surface area (Å²) in [7, 11) is 0. The van der Waals surface area contributed by atoms with Crippen LogP contribution in [0.25, 0.3) is 10.4 Å².